The molecule has 2 aliphatic rings. The standard InChI is InChI=1S/C15H28N4/c1-4-19-9-5-6-14(19)10-18(3)12-15(11-16,17-2)13-7-8-13/h13-14,17H,4-10,12H2,1-3H3. The zero-order valence-corrected chi connectivity index (χ0v) is 12.7. The number of rotatable bonds is 7. The van der Waals surface area contributed by atoms with Crippen molar-refractivity contribution in [3.05, 3.63) is 0 Å². The number of nitrogens with zero attached hydrogens (tertiary/aromatic N) is 3. The van der Waals surface area contributed by atoms with Crippen LogP contribution in [0.25, 0.3) is 0 Å². The number of likely N-dealkylation sites (N-methyl/N-ethyl adjacent to an activating group) is 3. The Morgan fingerprint density at radius 2 is 2.16 bits per heavy atom. The molecule has 1 aliphatic carbocycles. The minimum absolute atomic E-state index is 0.329. The summed E-state index contributed by atoms with van der Waals surface area (Å²) in [5, 5.41) is 12.8. The largest absolute Gasteiger partial charge is 0.302 e. The van der Waals surface area contributed by atoms with Crippen molar-refractivity contribution < 1.29 is 0 Å². The lowest BCUT2D eigenvalue weighted by Crippen LogP contribution is -2.53. The summed E-state index contributed by atoms with van der Waals surface area (Å²) in [6, 6.07) is 3.22. The molecule has 0 radical (unpaired) electrons. The molecule has 1 saturated carbocycles. The zero-order chi connectivity index (χ0) is 13.9. The predicted molar refractivity (Wildman–Crippen MR) is 77.9 cm³/mol. The molecular formula is C15H28N4. The van der Waals surface area contributed by atoms with Crippen LogP contribution in [0, 0.1) is 17.2 Å². The molecule has 1 heterocycles. The molecule has 108 valence electrons. The first-order valence-electron chi connectivity index (χ1n) is 7.68. The molecule has 1 saturated heterocycles. The van der Waals surface area contributed by atoms with Crippen molar-refractivity contribution in [2.45, 2.75) is 44.2 Å². The molecule has 1 aliphatic heterocycles. The second-order valence-corrected chi connectivity index (χ2v) is 6.23. The summed E-state index contributed by atoms with van der Waals surface area (Å²) in [6.07, 6.45) is 5.03. The highest BCUT2D eigenvalue weighted by molar-refractivity contribution is 5.16. The minimum Gasteiger partial charge on any atom is -0.302 e. The van der Waals surface area contributed by atoms with Crippen LogP contribution in [0.3, 0.4) is 0 Å². The van der Waals surface area contributed by atoms with Crippen LogP contribution in [0.15, 0.2) is 0 Å². The second kappa shape index (κ2) is 6.21. The maximum Gasteiger partial charge on any atom is 0.122 e. The molecule has 19 heavy (non-hydrogen) atoms. The van der Waals surface area contributed by atoms with Crippen molar-refractivity contribution in [2.24, 2.45) is 5.92 Å². The molecule has 0 amide bonds. The highest BCUT2D eigenvalue weighted by Gasteiger charge is 2.45. The van der Waals surface area contributed by atoms with E-state index in [1.807, 2.05) is 7.05 Å². The fourth-order valence-corrected chi connectivity index (χ4v) is 3.54. The van der Waals surface area contributed by atoms with Gasteiger partial charge in [-0.05, 0) is 58.8 Å². The van der Waals surface area contributed by atoms with Crippen LogP contribution in [0.5, 0.6) is 0 Å². The third kappa shape index (κ3) is 3.28. The van der Waals surface area contributed by atoms with E-state index < -0.39 is 0 Å². The van der Waals surface area contributed by atoms with Crippen LogP contribution >= 0.6 is 0 Å². The van der Waals surface area contributed by atoms with E-state index in [0.29, 0.717) is 12.0 Å². The molecular weight excluding hydrogens is 236 g/mol. The van der Waals surface area contributed by atoms with E-state index in [-0.39, 0.29) is 5.54 Å². The third-order valence-corrected chi connectivity index (χ3v) is 4.87. The molecule has 4 heteroatoms. The van der Waals surface area contributed by atoms with Crippen molar-refractivity contribution in [2.75, 3.05) is 40.3 Å². The smallest absolute Gasteiger partial charge is 0.122 e. The Morgan fingerprint density at radius 1 is 1.42 bits per heavy atom. The predicted octanol–water partition coefficient (Wildman–Crippen LogP) is 1.29. The lowest BCUT2D eigenvalue weighted by Gasteiger charge is -2.34. The van der Waals surface area contributed by atoms with E-state index in [9.17, 15) is 5.26 Å². The zero-order valence-electron chi connectivity index (χ0n) is 12.7. The summed E-state index contributed by atoms with van der Waals surface area (Å²) < 4.78 is 0. The fraction of sp³-hybridized carbons (Fsp3) is 0.933. The van der Waals surface area contributed by atoms with Crippen molar-refractivity contribution in [3.63, 3.8) is 0 Å². The van der Waals surface area contributed by atoms with Crippen LogP contribution in [0.1, 0.15) is 32.6 Å². The van der Waals surface area contributed by atoms with Crippen molar-refractivity contribution in [3.8, 4) is 6.07 Å². The van der Waals surface area contributed by atoms with Crippen molar-refractivity contribution in [1.29, 1.82) is 5.26 Å². The molecule has 2 atom stereocenters. The van der Waals surface area contributed by atoms with Crippen LogP contribution in [-0.2, 0) is 0 Å². The topological polar surface area (TPSA) is 42.3 Å². The van der Waals surface area contributed by atoms with Gasteiger partial charge >= 0.3 is 0 Å². The number of likely N-dealkylation sites (tertiary alicyclic amines) is 1. The molecule has 2 fully saturated rings. The van der Waals surface area contributed by atoms with Gasteiger partial charge in [-0.3, -0.25) is 4.90 Å². The Bertz CT molecular complexity index is 334. The summed E-state index contributed by atoms with van der Waals surface area (Å²) in [6.45, 7) is 6.57. The van der Waals surface area contributed by atoms with Crippen LogP contribution in [-0.4, -0.2) is 61.7 Å². The van der Waals surface area contributed by atoms with E-state index >= 15 is 0 Å². The molecule has 0 aromatic rings. The molecule has 2 rings (SSSR count). The molecule has 0 bridgehead atoms. The summed E-state index contributed by atoms with van der Waals surface area (Å²) in [5.74, 6) is 0.552. The van der Waals surface area contributed by atoms with Crippen molar-refractivity contribution in [1.82, 2.24) is 15.1 Å². The average molecular weight is 264 g/mol. The highest BCUT2D eigenvalue weighted by atomic mass is 15.2. The first-order chi connectivity index (χ1) is 9.15. The number of hydrogen-bond acceptors (Lipinski definition) is 4. The quantitative estimate of drug-likeness (QED) is 0.752. The molecule has 0 aromatic carbocycles. The molecule has 2 unspecified atom stereocenters. The van der Waals surface area contributed by atoms with E-state index in [0.717, 1.165) is 19.6 Å². The van der Waals surface area contributed by atoms with Gasteiger partial charge in [0.25, 0.3) is 0 Å². The van der Waals surface area contributed by atoms with Gasteiger partial charge in [-0.1, -0.05) is 6.92 Å². The Labute approximate surface area is 117 Å². The second-order valence-electron chi connectivity index (χ2n) is 6.23. The average Bonchev–Trinajstić information content (AvgIpc) is 3.18. The first kappa shape index (κ1) is 14.8. The van der Waals surface area contributed by atoms with E-state index in [1.54, 1.807) is 0 Å². The number of nitriles is 1. The minimum atomic E-state index is -0.329. The lowest BCUT2D eigenvalue weighted by molar-refractivity contribution is 0.170. The van der Waals surface area contributed by atoms with Gasteiger partial charge in [-0.2, -0.15) is 5.26 Å². The van der Waals surface area contributed by atoms with Gasteiger partial charge < -0.3 is 10.2 Å². The van der Waals surface area contributed by atoms with E-state index in [2.05, 4.69) is 35.2 Å². The molecule has 4 nitrogen and oxygen atoms in total. The highest BCUT2D eigenvalue weighted by Crippen LogP contribution is 2.39. The maximum absolute atomic E-state index is 9.55. The summed E-state index contributed by atoms with van der Waals surface area (Å²) in [4.78, 5) is 4.93. The fourth-order valence-electron chi connectivity index (χ4n) is 3.54. The molecule has 0 aromatic heterocycles. The summed E-state index contributed by atoms with van der Waals surface area (Å²) in [5.41, 5.74) is -0.329. The Hall–Kier alpha value is -0.630. The molecule has 0 spiro atoms. The van der Waals surface area contributed by atoms with Gasteiger partial charge in [0.2, 0.25) is 0 Å². The van der Waals surface area contributed by atoms with Gasteiger partial charge in [0.1, 0.15) is 5.54 Å². The normalized spacial score (nSPS) is 27.4. The van der Waals surface area contributed by atoms with E-state index in [1.165, 1.54) is 32.2 Å². The monoisotopic (exact) mass is 264 g/mol. The van der Waals surface area contributed by atoms with Gasteiger partial charge in [0.15, 0.2) is 0 Å². The number of hydrogen-bond donors (Lipinski definition) is 1. The Kier molecular flexibility index (Phi) is 4.83. The van der Waals surface area contributed by atoms with Gasteiger partial charge in [0, 0.05) is 19.1 Å². The number of nitrogens with one attached hydrogen (secondary N) is 1. The summed E-state index contributed by atoms with van der Waals surface area (Å²) >= 11 is 0. The first-order valence-corrected chi connectivity index (χ1v) is 7.68. The maximum atomic E-state index is 9.55. The van der Waals surface area contributed by atoms with Crippen molar-refractivity contribution >= 4 is 0 Å². The van der Waals surface area contributed by atoms with Crippen LogP contribution in [0.2, 0.25) is 0 Å². The SMILES string of the molecule is CCN1CCCC1CN(C)CC(C#N)(NC)C1CC1. The Balaban J connectivity index is 1.89. The van der Waals surface area contributed by atoms with E-state index in [4.69, 9.17) is 0 Å². The third-order valence-electron chi connectivity index (χ3n) is 4.87. The lowest BCUT2D eigenvalue weighted by atomic mass is 9.94. The Morgan fingerprint density at radius 3 is 2.68 bits per heavy atom. The van der Waals surface area contributed by atoms with Crippen LogP contribution < -0.4 is 5.32 Å². The summed E-state index contributed by atoms with van der Waals surface area (Å²) in [7, 11) is 4.10. The molecule has 1 N–H and O–H groups in total. The van der Waals surface area contributed by atoms with Gasteiger partial charge in [-0.25, -0.2) is 0 Å². The van der Waals surface area contributed by atoms with Crippen LogP contribution in [0.4, 0.5) is 0 Å². The van der Waals surface area contributed by atoms with Gasteiger partial charge in [0.05, 0.1) is 6.07 Å². The van der Waals surface area contributed by atoms with Gasteiger partial charge in [-0.15, -0.1) is 0 Å².